The standard InChI is InChI=1S/C25H31N3O4S/c1-17-7-9-19(10-8-17)15-26-24(29)16-27(3)33(31,32)22-11-12-23-21(14-22)13-18(2)28(23)25(30)20-5-4-6-20/h7-12,14,18,20H,4-6,13,15-16H2,1-3H3,(H,26,29)/t18-/m1/s1. The Morgan fingerprint density at radius 3 is 2.45 bits per heavy atom. The van der Waals surface area contributed by atoms with Gasteiger partial charge in [-0.15, -0.1) is 0 Å². The molecule has 2 aliphatic rings. The molecule has 0 bridgehead atoms. The number of carbonyl (C=O) groups excluding carboxylic acids is 2. The summed E-state index contributed by atoms with van der Waals surface area (Å²) in [5, 5.41) is 2.77. The molecular weight excluding hydrogens is 438 g/mol. The van der Waals surface area contributed by atoms with Gasteiger partial charge in [-0.05, 0) is 62.4 Å². The molecule has 1 fully saturated rings. The van der Waals surface area contributed by atoms with Gasteiger partial charge >= 0.3 is 0 Å². The third-order valence-corrected chi connectivity index (χ3v) is 8.44. The number of fused-ring (bicyclic) bond motifs is 1. The number of amides is 2. The fourth-order valence-corrected chi connectivity index (χ4v) is 5.56. The maximum Gasteiger partial charge on any atom is 0.243 e. The van der Waals surface area contributed by atoms with Gasteiger partial charge in [-0.2, -0.15) is 4.31 Å². The Bertz CT molecular complexity index is 1160. The quantitative estimate of drug-likeness (QED) is 0.675. The van der Waals surface area contributed by atoms with Crippen molar-refractivity contribution in [2.45, 2.75) is 57.0 Å². The SMILES string of the molecule is Cc1ccc(CNC(=O)CN(C)S(=O)(=O)c2ccc3c(c2)C[C@@H](C)N3C(=O)C2CCC2)cc1. The van der Waals surface area contributed by atoms with Crippen LogP contribution in [-0.4, -0.2) is 44.2 Å². The van der Waals surface area contributed by atoms with E-state index in [1.54, 1.807) is 12.1 Å². The molecule has 2 aromatic rings. The Labute approximate surface area is 195 Å². The van der Waals surface area contributed by atoms with E-state index in [4.69, 9.17) is 0 Å². The maximum absolute atomic E-state index is 13.1. The van der Waals surface area contributed by atoms with Crippen molar-refractivity contribution < 1.29 is 18.0 Å². The number of hydrogen-bond donors (Lipinski definition) is 1. The summed E-state index contributed by atoms with van der Waals surface area (Å²) >= 11 is 0. The zero-order chi connectivity index (χ0) is 23.8. The normalized spacial score (nSPS) is 18.2. The predicted octanol–water partition coefficient (Wildman–Crippen LogP) is 3.01. The van der Waals surface area contributed by atoms with E-state index < -0.39 is 10.0 Å². The molecule has 2 amide bonds. The van der Waals surface area contributed by atoms with Gasteiger partial charge in [0.1, 0.15) is 0 Å². The number of aryl methyl sites for hydroxylation is 1. The average Bonchev–Trinajstić information content (AvgIpc) is 3.06. The van der Waals surface area contributed by atoms with Crippen LogP contribution in [0, 0.1) is 12.8 Å². The van der Waals surface area contributed by atoms with Crippen molar-refractivity contribution in [1.82, 2.24) is 9.62 Å². The molecule has 4 rings (SSSR count). The van der Waals surface area contributed by atoms with Crippen LogP contribution in [0.25, 0.3) is 0 Å². The summed E-state index contributed by atoms with van der Waals surface area (Å²) in [6.45, 7) is 4.06. The monoisotopic (exact) mass is 469 g/mol. The van der Waals surface area contributed by atoms with Crippen molar-refractivity contribution in [3.05, 3.63) is 59.2 Å². The molecule has 1 aliphatic heterocycles. The summed E-state index contributed by atoms with van der Waals surface area (Å²) < 4.78 is 27.3. The Morgan fingerprint density at radius 1 is 1.12 bits per heavy atom. The first-order valence-corrected chi connectivity index (χ1v) is 12.9. The molecule has 1 aliphatic carbocycles. The highest BCUT2D eigenvalue weighted by molar-refractivity contribution is 7.89. The molecule has 0 saturated heterocycles. The second-order valence-electron chi connectivity index (χ2n) is 9.20. The van der Waals surface area contributed by atoms with Gasteiger partial charge in [-0.25, -0.2) is 8.42 Å². The molecule has 8 heteroatoms. The van der Waals surface area contributed by atoms with E-state index in [0.29, 0.717) is 13.0 Å². The van der Waals surface area contributed by atoms with Crippen LogP contribution >= 0.6 is 0 Å². The number of nitrogens with one attached hydrogen (secondary N) is 1. The molecule has 176 valence electrons. The fraction of sp³-hybridized carbons (Fsp3) is 0.440. The van der Waals surface area contributed by atoms with Crippen molar-refractivity contribution in [3.63, 3.8) is 0 Å². The Kier molecular flexibility index (Phi) is 6.59. The van der Waals surface area contributed by atoms with Gasteiger partial charge in [0.25, 0.3) is 0 Å². The summed E-state index contributed by atoms with van der Waals surface area (Å²) in [6, 6.07) is 12.7. The number of carbonyl (C=O) groups is 2. The van der Waals surface area contributed by atoms with Crippen molar-refractivity contribution in [1.29, 1.82) is 0 Å². The van der Waals surface area contributed by atoms with Gasteiger partial charge in [0, 0.05) is 31.2 Å². The van der Waals surface area contributed by atoms with Crippen LogP contribution in [0.4, 0.5) is 5.69 Å². The first-order valence-electron chi connectivity index (χ1n) is 11.4. The highest BCUT2D eigenvalue weighted by Gasteiger charge is 2.37. The second-order valence-corrected chi connectivity index (χ2v) is 11.2. The predicted molar refractivity (Wildman–Crippen MR) is 127 cm³/mol. The number of hydrogen-bond acceptors (Lipinski definition) is 4. The van der Waals surface area contributed by atoms with Crippen LogP contribution in [0.5, 0.6) is 0 Å². The van der Waals surface area contributed by atoms with Crippen molar-refractivity contribution in [2.24, 2.45) is 5.92 Å². The minimum atomic E-state index is -3.84. The molecule has 1 heterocycles. The van der Waals surface area contributed by atoms with E-state index in [1.165, 1.54) is 13.1 Å². The summed E-state index contributed by atoms with van der Waals surface area (Å²) in [4.78, 5) is 27.2. The summed E-state index contributed by atoms with van der Waals surface area (Å²) in [5.41, 5.74) is 3.74. The first kappa shape index (κ1) is 23.4. The lowest BCUT2D eigenvalue weighted by Gasteiger charge is -2.32. The van der Waals surface area contributed by atoms with Crippen molar-refractivity contribution in [3.8, 4) is 0 Å². The van der Waals surface area contributed by atoms with Crippen molar-refractivity contribution >= 4 is 27.5 Å². The van der Waals surface area contributed by atoms with E-state index >= 15 is 0 Å². The molecule has 1 atom stereocenters. The third kappa shape index (κ3) is 4.82. The lowest BCUT2D eigenvalue weighted by atomic mass is 9.84. The topological polar surface area (TPSA) is 86.8 Å². The van der Waals surface area contributed by atoms with E-state index in [9.17, 15) is 18.0 Å². The minimum Gasteiger partial charge on any atom is -0.351 e. The maximum atomic E-state index is 13.1. The highest BCUT2D eigenvalue weighted by atomic mass is 32.2. The van der Waals surface area contributed by atoms with Gasteiger partial charge < -0.3 is 10.2 Å². The highest BCUT2D eigenvalue weighted by Crippen LogP contribution is 2.38. The number of sulfonamides is 1. The minimum absolute atomic E-state index is 0.0105. The van der Waals surface area contributed by atoms with Crippen LogP contribution in [0.3, 0.4) is 0 Å². The van der Waals surface area contributed by atoms with Gasteiger partial charge in [0.15, 0.2) is 0 Å². The van der Waals surface area contributed by atoms with Crippen LogP contribution in [0.2, 0.25) is 0 Å². The Hall–Kier alpha value is -2.71. The molecule has 7 nitrogen and oxygen atoms in total. The lowest BCUT2D eigenvalue weighted by Crippen LogP contribution is -2.42. The van der Waals surface area contributed by atoms with Crippen LogP contribution < -0.4 is 10.2 Å². The summed E-state index contributed by atoms with van der Waals surface area (Å²) in [5.74, 6) is -0.134. The first-order chi connectivity index (χ1) is 15.7. The van der Waals surface area contributed by atoms with Crippen LogP contribution in [-0.2, 0) is 32.6 Å². The number of anilines is 1. The van der Waals surface area contributed by atoms with Gasteiger partial charge in [-0.3, -0.25) is 9.59 Å². The van der Waals surface area contributed by atoms with Crippen molar-refractivity contribution in [2.75, 3.05) is 18.5 Å². The Balaban J connectivity index is 1.42. The van der Waals surface area contributed by atoms with Crippen LogP contribution in [0.15, 0.2) is 47.4 Å². The third-order valence-electron chi connectivity index (χ3n) is 6.64. The number of benzene rings is 2. The molecular formula is C25H31N3O4S. The molecule has 1 saturated carbocycles. The Morgan fingerprint density at radius 2 is 1.82 bits per heavy atom. The molecule has 0 aromatic heterocycles. The average molecular weight is 470 g/mol. The van der Waals surface area contributed by atoms with E-state index in [-0.39, 0.29) is 35.2 Å². The summed E-state index contributed by atoms with van der Waals surface area (Å²) in [6.07, 6.45) is 3.58. The smallest absolute Gasteiger partial charge is 0.243 e. The molecule has 0 spiro atoms. The molecule has 33 heavy (non-hydrogen) atoms. The number of rotatable bonds is 7. The van der Waals surface area contributed by atoms with E-state index in [2.05, 4.69) is 5.32 Å². The zero-order valence-corrected chi connectivity index (χ0v) is 20.2. The molecule has 1 N–H and O–H groups in total. The van der Waals surface area contributed by atoms with E-state index in [1.807, 2.05) is 43.0 Å². The van der Waals surface area contributed by atoms with E-state index in [0.717, 1.165) is 45.9 Å². The molecule has 0 radical (unpaired) electrons. The molecule has 0 unspecified atom stereocenters. The van der Waals surface area contributed by atoms with Gasteiger partial charge in [0.05, 0.1) is 11.4 Å². The van der Waals surface area contributed by atoms with Gasteiger partial charge in [-0.1, -0.05) is 36.2 Å². The zero-order valence-electron chi connectivity index (χ0n) is 19.4. The summed E-state index contributed by atoms with van der Waals surface area (Å²) in [7, 11) is -2.43. The fourth-order valence-electron chi connectivity index (χ4n) is 4.39. The second kappa shape index (κ2) is 9.27. The number of nitrogens with zero attached hydrogens (tertiary/aromatic N) is 2. The molecule has 2 aromatic carbocycles. The van der Waals surface area contributed by atoms with Gasteiger partial charge in [0.2, 0.25) is 21.8 Å². The largest absolute Gasteiger partial charge is 0.351 e. The number of likely N-dealkylation sites (N-methyl/N-ethyl adjacent to an activating group) is 1. The van der Waals surface area contributed by atoms with Crippen LogP contribution in [0.1, 0.15) is 42.9 Å². The lowest BCUT2D eigenvalue weighted by molar-refractivity contribution is -0.125.